The molecule has 0 fully saturated rings. The number of carbonyl (C=O) groups excluding carboxylic acids is 1. The van der Waals surface area contributed by atoms with Crippen LogP contribution in [0.2, 0.25) is 0 Å². The molecule has 0 aliphatic carbocycles. The summed E-state index contributed by atoms with van der Waals surface area (Å²) in [7, 11) is 0. The van der Waals surface area contributed by atoms with Gasteiger partial charge in [0.2, 0.25) is 0 Å². The Hall–Kier alpha value is -0.410. The molecule has 0 saturated heterocycles. The second-order valence-electron chi connectivity index (χ2n) is 4.77. The minimum absolute atomic E-state index is 0.0637. The lowest BCUT2D eigenvalue weighted by Crippen LogP contribution is -2.33. The SMILES string of the molecule is CC(C)NCCCC[C@H](N)C(=O)C(C)C. The van der Waals surface area contributed by atoms with E-state index in [1.165, 1.54) is 0 Å². The number of rotatable bonds is 8. The first-order chi connectivity index (χ1) is 6.95. The maximum Gasteiger partial charge on any atom is 0.152 e. The number of hydrogen-bond acceptors (Lipinski definition) is 3. The summed E-state index contributed by atoms with van der Waals surface area (Å²) in [4.78, 5) is 11.5. The van der Waals surface area contributed by atoms with Crippen LogP contribution in [0.5, 0.6) is 0 Å². The van der Waals surface area contributed by atoms with Crippen LogP contribution in [-0.4, -0.2) is 24.4 Å². The number of nitrogens with one attached hydrogen (secondary N) is 1. The fourth-order valence-corrected chi connectivity index (χ4v) is 1.45. The molecule has 0 spiro atoms. The van der Waals surface area contributed by atoms with E-state index >= 15 is 0 Å². The second-order valence-corrected chi connectivity index (χ2v) is 4.77. The predicted octanol–water partition coefficient (Wildman–Crippen LogP) is 1.71. The Morgan fingerprint density at radius 2 is 1.80 bits per heavy atom. The molecular formula is C12H26N2O. The van der Waals surface area contributed by atoms with Crippen molar-refractivity contribution in [3.8, 4) is 0 Å². The summed E-state index contributed by atoms with van der Waals surface area (Å²) in [6, 6.07) is 0.278. The van der Waals surface area contributed by atoms with Crippen LogP contribution in [0.15, 0.2) is 0 Å². The van der Waals surface area contributed by atoms with Gasteiger partial charge in [0, 0.05) is 12.0 Å². The van der Waals surface area contributed by atoms with Crippen molar-refractivity contribution in [2.75, 3.05) is 6.54 Å². The minimum Gasteiger partial charge on any atom is -0.321 e. The van der Waals surface area contributed by atoms with Crippen LogP contribution in [0.3, 0.4) is 0 Å². The fraction of sp³-hybridized carbons (Fsp3) is 0.917. The lowest BCUT2D eigenvalue weighted by atomic mass is 9.98. The molecule has 0 aromatic heterocycles. The smallest absolute Gasteiger partial charge is 0.152 e. The zero-order valence-electron chi connectivity index (χ0n) is 10.5. The van der Waals surface area contributed by atoms with Gasteiger partial charge in [-0.15, -0.1) is 0 Å². The molecule has 3 heteroatoms. The van der Waals surface area contributed by atoms with Gasteiger partial charge in [-0.3, -0.25) is 4.79 Å². The molecule has 90 valence electrons. The standard InChI is InChI=1S/C12H26N2O/c1-9(2)12(15)11(13)7-5-6-8-14-10(3)4/h9-11,14H,5-8,13H2,1-4H3/t11-/m0/s1. The van der Waals surface area contributed by atoms with Crippen molar-refractivity contribution in [2.24, 2.45) is 11.7 Å². The van der Waals surface area contributed by atoms with Crippen LogP contribution < -0.4 is 11.1 Å². The highest BCUT2D eigenvalue weighted by molar-refractivity contribution is 5.85. The Morgan fingerprint density at radius 3 is 2.27 bits per heavy atom. The zero-order valence-corrected chi connectivity index (χ0v) is 10.5. The van der Waals surface area contributed by atoms with Crippen LogP contribution >= 0.6 is 0 Å². The van der Waals surface area contributed by atoms with E-state index in [0.29, 0.717) is 6.04 Å². The van der Waals surface area contributed by atoms with E-state index in [0.717, 1.165) is 25.8 Å². The van der Waals surface area contributed by atoms with Gasteiger partial charge in [-0.1, -0.05) is 34.1 Å². The normalized spacial score (nSPS) is 13.5. The second kappa shape index (κ2) is 7.83. The van der Waals surface area contributed by atoms with Crippen molar-refractivity contribution in [1.29, 1.82) is 0 Å². The Balaban J connectivity index is 3.47. The average molecular weight is 214 g/mol. The summed E-state index contributed by atoms with van der Waals surface area (Å²) in [5.41, 5.74) is 5.79. The van der Waals surface area contributed by atoms with E-state index < -0.39 is 0 Å². The molecule has 0 unspecified atom stereocenters. The van der Waals surface area contributed by atoms with Crippen LogP contribution in [0, 0.1) is 5.92 Å². The monoisotopic (exact) mass is 214 g/mol. The number of nitrogens with two attached hydrogens (primary N) is 1. The molecule has 0 saturated carbocycles. The largest absolute Gasteiger partial charge is 0.321 e. The summed E-state index contributed by atoms with van der Waals surface area (Å²) < 4.78 is 0. The summed E-state index contributed by atoms with van der Waals surface area (Å²) in [6.07, 6.45) is 2.94. The highest BCUT2D eigenvalue weighted by Gasteiger charge is 2.15. The first-order valence-electron chi connectivity index (χ1n) is 5.97. The molecule has 0 bridgehead atoms. The topological polar surface area (TPSA) is 55.1 Å². The molecule has 0 heterocycles. The quantitative estimate of drug-likeness (QED) is 0.605. The van der Waals surface area contributed by atoms with Crippen molar-refractivity contribution in [2.45, 2.75) is 59.0 Å². The maximum atomic E-state index is 11.5. The number of Topliss-reactive ketones (excluding diaryl/α,β-unsaturated/α-hetero) is 1. The van der Waals surface area contributed by atoms with Gasteiger partial charge in [0.1, 0.15) is 0 Å². The van der Waals surface area contributed by atoms with Crippen LogP contribution in [0.4, 0.5) is 0 Å². The lowest BCUT2D eigenvalue weighted by molar-refractivity contribution is -0.123. The average Bonchev–Trinajstić information content (AvgIpc) is 2.15. The van der Waals surface area contributed by atoms with E-state index in [2.05, 4.69) is 19.2 Å². The highest BCUT2D eigenvalue weighted by Crippen LogP contribution is 2.05. The third-order valence-corrected chi connectivity index (χ3v) is 2.43. The molecule has 0 aromatic carbocycles. The highest BCUT2D eigenvalue weighted by atomic mass is 16.1. The third kappa shape index (κ3) is 7.51. The lowest BCUT2D eigenvalue weighted by Gasteiger charge is -2.13. The van der Waals surface area contributed by atoms with Gasteiger partial charge in [0.05, 0.1) is 6.04 Å². The summed E-state index contributed by atoms with van der Waals surface area (Å²) in [5, 5.41) is 3.35. The summed E-state index contributed by atoms with van der Waals surface area (Å²) >= 11 is 0. The number of ketones is 1. The van der Waals surface area contributed by atoms with Crippen molar-refractivity contribution < 1.29 is 4.79 Å². The van der Waals surface area contributed by atoms with Gasteiger partial charge in [-0.2, -0.15) is 0 Å². The van der Waals surface area contributed by atoms with Crippen molar-refractivity contribution in [3.63, 3.8) is 0 Å². The fourth-order valence-electron chi connectivity index (χ4n) is 1.45. The Bertz CT molecular complexity index is 178. The maximum absolute atomic E-state index is 11.5. The van der Waals surface area contributed by atoms with Gasteiger partial charge < -0.3 is 11.1 Å². The van der Waals surface area contributed by atoms with E-state index in [1.54, 1.807) is 0 Å². The summed E-state index contributed by atoms with van der Waals surface area (Å²) in [5.74, 6) is 0.251. The molecule has 0 radical (unpaired) electrons. The predicted molar refractivity (Wildman–Crippen MR) is 64.8 cm³/mol. The molecule has 0 rings (SSSR count). The van der Waals surface area contributed by atoms with E-state index in [9.17, 15) is 4.79 Å². The van der Waals surface area contributed by atoms with Gasteiger partial charge >= 0.3 is 0 Å². The van der Waals surface area contributed by atoms with E-state index in [-0.39, 0.29) is 17.7 Å². The van der Waals surface area contributed by atoms with Crippen LogP contribution in [-0.2, 0) is 4.79 Å². The van der Waals surface area contributed by atoms with Crippen molar-refractivity contribution >= 4 is 5.78 Å². The van der Waals surface area contributed by atoms with Gasteiger partial charge in [-0.25, -0.2) is 0 Å². The van der Waals surface area contributed by atoms with Crippen molar-refractivity contribution in [1.82, 2.24) is 5.32 Å². The zero-order chi connectivity index (χ0) is 11.8. The molecule has 1 atom stereocenters. The minimum atomic E-state index is -0.260. The van der Waals surface area contributed by atoms with E-state index in [1.807, 2.05) is 13.8 Å². The molecule has 0 amide bonds. The molecule has 0 aliphatic rings. The van der Waals surface area contributed by atoms with Gasteiger partial charge in [0.15, 0.2) is 5.78 Å². The Labute approximate surface area is 93.8 Å². The molecule has 3 N–H and O–H groups in total. The molecule has 0 aliphatic heterocycles. The van der Waals surface area contributed by atoms with Crippen LogP contribution in [0.25, 0.3) is 0 Å². The Kier molecular flexibility index (Phi) is 7.61. The molecule has 0 aromatic rings. The Morgan fingerprint density at radius 1 is 1.20 bits per heavy atom. The van der Waals surface area contributed by atoms with Crippen LogP contribution in [0.1, 0.15) is 47.0 Å². The third-order valence-electron chi connectivity index (χ3n) is 2.43. The van der Waals surface area contributed by atoms with E-state index in [4.69, 9.17) is 5.73 Å². The molecule has 3 nitrogen and oxygen atoms in total. The number of carbonyl (C=O) groups is 1. The molecular weight excluding hydrogens is 188 g/mol. The van der Waals surface area contributed by atoms with Gasteiger partial charge in [-0.05, 0) is 19.4 Å². The first-order valence-corrected chi connectivity index (χ1v) is 5.97. The summed E-state index contributed by atoms with van der Waals surface area (Å²) in [6.45, 7) is 9.09. The van der Waals surface area contributed by atoms with Gasteiger partial charge in [0.25, 0.3) is 0 Å². The molecule has 15 heavy (non-hydrogen) atoms. The number of unbranched alkanes of at least 4 members (excludes halogenated alkanes) is 1. The van der Waals surface area contributed by atoms with Crippen molar-refractivity contribution in [3.05, 3.63) is 0 Å². The number of hydrogen-bond donors (Lipinski definition) is 2. The first kappa shape index (κ1) is 14.6.